The minimum absolute atomic E-state index is 0.0597. The highest BCUT2D eigenvalue weighted by molar-refractivity contribution is 6.28. The highest BCUT2D eigenvalue weighted by Gasteiger charge is 2.35. The van der Waals surface area contributed by atoms with E-state index in [0.717, 1.165) is 41.9 Å². The van der Waals surface area contributed by atoms with Gasteiger partial charge in [0.2, 0.25) is 0 Å². The number of hydrogen-bond acceptors (Lipinski definition) is 7. The Labute approximate surface area is 209 Å². The van der Waals surface area contributed by atoms with Gasteiger partial charge in [-0.25, -0.2) is 0 Å². The van der Waals surface area contributed by atoms with E-state index in [2.05, 4.69) is 15.4 Å². The van der Waals surface area contributed by atoms with Gasteiger partial charge in [-0.15, -0.1) is 0 Å². The number of nitrogens with zero attached hydrogens (tertiary/aromatic N) is 2. The number of aryl methyl sites for hydroxylation is 1. The number of fused-ring (bicyclic) bond motifs is 2. The van der Waals surface area contributed by atoms with Gasteiger partial charge in [0, 0.05) is 29.9 Å². The molecule has 36 heavy (non-hydrogen) atoms. The molecule has 1 aromatic heterocycles. The molecular formula is C29H27N3O4. The molecule has 7 heteroatoms. The Morgan fingerprint density at radius 1 is 1.17 bits per heavy atom. The van der Waals surface area contributed by atoms with Crippen molar-refractivity contribution >= 4 is 39.7 Å². The Balaban J connectivity index is 1.52. The summed E-state index contributed by atoms with van der Waals surface area (Å²) in [6, 6.07) is 17.5. The van der Waals surface area contributed by atoms with Crippen LogP contribution in [0.5, 0.6) is 0 Å². The number of nitrogens with one attached hydrogen (secondary N) is 1. The maximum Gasteiger partial charge on any atom is 0.310 e. The molecule has 1 aliphatic heterocycles. The predicted octanol–water partition coefficient (Wildman–Crippen LogP) is 5.87. The van der Waals surface area contributed by atoms with Gasteiger partial charge in [0.1, 0.15) is 5.52 Å². The molecule has 6 rings (SSSR count). The van der Waals surface area contributed by atoms with E-state index in [-0.39, 0.29) is 17.7 Å². The van der Waals surface area contributed by atoms with Crippen LogP contribution in [0.15, 0.2) is 59.1 Å². The quantitative estimate of drug-likeness (QED) is 0.314. The average Bonchev–Trinajstić information content (AvgIpc) is 3.34. The van der Waals surface area contributed by atoms with Gasteiger partial charge in [0.05, 0.1) is 34.8 Å². The lowest BCUT2D eigenvalue weighted by Gasteiger charge is -2.34. The summed E-state index contributed by atoms with van der Waals surface area (Å²) in [6.07, 6.45) is 1.65. The van der Waals surface area contributed by atoms with Crippen LogP contribution in [0.1, 0.15) is 41.3 Å². The van der Waals surface area contributed by atoms with Crippen molar-refractivity contribution in [2.45, 2.75) is 26.7 Å². The fourth-order valence-electron chi connectivity index (χ4n) is 5.32. The molecule has 0 spiro atoms. The number of aromatic nitrogens is 1. The molecule has 2 aliphatic rings. The monoisotopic (exact) mass is 481 g/mol. The highest BCUT2D eigenvalue weighted by atomic mass is 16.5. The normalized spacial score (nSPS) is 16.7. The van der Waals surface area contributed by atoms with Crippen LogP contribution in [0, 0.1) is 12.8 Å². The molecule has 1 saturated heterocycles. The second kappa shape index (κ2) is 8.82. The molecule has 182 valence electrons. The first kappa shape index (κ1) is 22.3. The maximum atomic E-state index is 13.8. The van der Waals surface area contributed by atoms with Crippen molar-refractivity contribution in [2.75, 3.05) is 29.9 Å². The van der Waals surface area contributed by atoms with E-state index in [1.54, 1.807) is 0 Å². The standard InChI is InChI=1S/C29H27N3O4/c1-3-35-29(34)18-7-6-14-32(16-18)23-15-22(30-19-12-10-17(2)11-13-19)24-25-26(23)31-36-28(25)21-9-5-4-8-20(21)27(24)33/h4-5,8-13,15,18,30H,3,6-7,14,16H2,1-2H3/t18-/m1/s1. The Hall–Kier alpha value is -4.13. The van der Waals surface area contributed by atoms with Gasteiger partial charge in [-0.2, -0.15) is 0 Å². The van der Waals surface area contributed by atoms with Gasteiger partial charge in [-0.3, -0.25) is 9.59 Å². The van der Waals surface area contributed by atoms with Crippen LogP contribution in [-0.4, -0.2) is 36.6 Å². The molecule has 1 N–H and O–H groups in total. The van der Waals surface area contributed by atoms with Gasteiger partial charge in [-0.05, 0) is 44.9 Å². The lowest BCUT2D eigenvalue weighted by atomic mass is 9.86. The maximum absolute atomic E-state index is 13.8. The van der Waals surface area contributed by atoms with Crippen molar-refractivity contribution < 1.29 is 18.8 Å². The molecule has 0 unspecified atom stereocenters. The van der Waals surface area contributed by atoms with Crippen molar-refractivity contribution in [3.63, 3.8) is 0 Å². The summed E-state index contributed by atoms with van der Waals surface area (Å²) in [5.41, 5.74) is 6.13. The molecule has 0 bridgehead atoms. The summed E-state index contributed by atoms with van der Waals surface area (Å²) in [4.78, 5) is 28.5. The number of carbonyl (C=O) groups excluding carboxylic acids is 2. The van der Waals surface area contributed by atoms with Crippen LogP contribution in [-0.2, 0) is 9.53 Å². The minimum atomic E-state index is -0.205. The molecule has 1 fully saturated rings. The zero-order valence-electron chi connectivity index (χ0n) is 20.3. The number of ether oxygens (including phenoxy) is 1. The third kappa shape index (κ3) is 3.63. The Morgan fingerprint density at radius 3 is 2.72 bits per heavy atom. The first-order valence-corrected chi connectivity index (χ1v) is 12.4. The van der Waals surface area contributed by atoms with Crippen molar-refractivity contribution in [1.29, 1.82) is 0 Å². The summed E-state index contributed by atoms with van der Waals surface area (Å²) in [6.45, 7) is 5.55. The van der Waals surface area contributed by atoms with Crippen molar-refractivity contribution in [1.82, 2.24) is 5.16 Å². The minimum Gasteiger partial charge on any atom is -0.466 e. The van der Waals surface area contributed by atoms with Gasteiger partial charge in [0.15, 0.2) is 11.5 Å². The molecule has 7 nitrogen and oxygen atoms in total. The van der Waals surface area contributed by atoms with E-state index in [0.29, 0.717) is 46.6 Å². The van der Waals surface area contributed by atoms with Crippen LogP contribution in [0.4, 0.5) is 17.1 Å². The van der Waals surface area contributed by atoms with E-state index in [4.69, 9.17) is 9.26 Å². The molecule has 1 atom stereocenters. The van der Waals surface area contributed by atoms with E-state index in [1.165, 1.54) is 0 Å². The first-order valence-electron chi connectivity index (χ1n) is 12.4. The van der Waals surface area contributed by atoms with E-state index in [1.807, 2.05) is 68.4 Å². The number of piperidine rings is 1. The summed E-state index contributed by atoms with van der Waals surface area (Å²) in [5, 5.41) is 8.64. The van der Waals surface area contributed by atoms with Gasteiger partial charge >= 0.3 is 5.97 Å². The lowest BCUT2D eigenvalue weighted by Crippen LogP contribution is -2.39. The molecule has 0 amide bonds. The van der Waals surface area contributed by atoms with Crippen LogP contribution < -0.4 is 10.2 Å². The number of rotatable bonds is 5. The number of ketones is 1. The lowest BCUT2D eigenvalue weighted by molar-refractivity contribution is -0.148. The van der Waals surface area contributed by atoms with Gasteiger partial charge < -0.3 is 19.5 Å². The number of benzene rings is 3. The molecule has 4 aromatic rings. The topological polar surface area (TPSA) is 84.7 Å². The van der Waals surface area contributed by atoms with Crippen molar-refractivity contribution in [3.05, 3.63) is 71.3 Å². The average molecular weight is 482 g/mol. The van der Waals surface area contributed by atoms with Crippen LogP contribution >= 0.6 is 0 Å². The second-order valence-corrected chi connectivity index (χ2v) is 9.46. The fourth-order valence-corrected chi connectivity index (χ4v) is 5.32. The van der Waals surface area contributed by atoms with Crippen LogP contribution in [0.3, 0.4) is 0 Å². The van der Waals surface area contributed by atoms with Crippen molar-refractivity contribution in [3.8, 4) is 11.3 Å². The number of carbonyl (C=O) groups is 2. The smallest absolute Gasteiger partial charge is 0.310 e. The SMILES string of the molecule is CCOC(=O)[C@@H]1CCCN(c2cc(Nc3ccc(C)cc3)c3c4c(onc24)-c2ccccc2C3=O)C1. The summed E-state index contributed by atoms with van der Waals surface area (Å²) in [5.74, 6) is 0.168. The zero-order valence-corrected chi connectivity index (χ0v) is 20.3. The zero-order chi connectivity index (χ0) is 24.8. The van der Waals surface area contributed by atoms with E-state index < -0.39 is 0 Å². The third-order valence-corrected chi connectivity index (χ3v) is 7.09. The predicted molar refractivity (Wildman–Crippen MR) is 139 cm³/mol. The summed E-state index contributed by atoms with van der Waals surface area (Å²) < 4.78 is 11.2. The largest absolute Gasteiger partial charge is 0.466 e. The van der Waals surface area contributed by atoms with Gasteiger partial charge in [0.25, 0.3) is 0 Å². The van der Waals surface area contributed by atoms with E-state index >= 15 is 0 Å². The number of esters is 1. The number of hydrogen-bond donors (Lipinski definition) is 1. The molecular weight excluding hydrogens is 454 g/mol. The number of anilines is 3. The first-order chi connectivity index (χ1) is 17.5. The Morgan fingerprint density at radius 2 is 1.94 bits per heavy atom. The Bertz CT molecular complexity index is 1490. The highest BCUT2D eigenvalue weighted by Crippen LogP contribution is 2.46. The van der Waals surface area contributed by atoms with E-state index in [9.17, 15) is 9.59 Å². The third-order valence-electron chi connectivity index (χ3n) is 7.09. The van der Waals surface area contributed by atoms with Gasteiger partial charge in [-0.1, -0.05) is 47.1 Å². The van der Waals surface area contributed by atoms with Crippen LogP contribution in [0.2, 0.25) is 0 Å². The van der Waals surface area contributed by atoms with Crippen molar-refractivity contribution in [2.24, 2.45) is 5.92 Å². The molecule has 0 saturated carbocycles. The molecule has 3 aromatic carbocycles. The second-order valence-electron chi connectivity index (χ2n) is 9.46. The molecule has 0 radical (unpaired) electrons. The summed E-state index contributed by atoms with van der Waals surface area (Å²) >= 11 is 0. The molecule has 1 aliphatic carbocycles. The molecule has 2 heterocycles. The van der Waals surface area contributed by atoms with Crippen LogP contribution in [0.25, 0.3) is 22.2 Å². The summed E-state index contributed by atoms with van der Waals surface area (Å²) in [7, 11) is 0. The fraction of sp³-hybridized carbons (Fsp3) is 0.276. The Kier molecular flexibility index (Phi) is 5.48.